The van der Waals surface area contributed by atoms with Crippen LogP contribution in [0.15, 0.2) is 97.2 Å². The van der Waals surface area contributed by atoms with Gasteiger partial charge in [-0.1, -0.05) is 311 Å². The second-order valence-electron chi connectivity index (χ2n) is 22.4. The molecule has 0 aliphatic rings. The zero-order valence-corrected chi connectivity index (χ0v) is 52.1. The van der Waals surface area contributed by atoms with Crippen LogP contribution in [-0.2, 0) is 28.6 Å². The van der Waals surface area contributed by atoms with Gasteiger partial charge in [0.05, 0.1) is 0 Å². The molecule has 0 saturated carbocycles. The van der Waals surface area contributed by atoms with Crippen molar-refractivity contribution < 1.29 is 28.6 Å². The number of carbonyl (C=O) groups is 3. The molecule has 6 nitrogen and oxygen atoms in total. The number of carbonyl (C=O) groups excluding carboxylic acids is 3. The summed E-state index contributed by atoms with van der Waals surface area (Å²) < 4.78 is 16.9. The number of ether oxygens (including phenoxy) is 3. The molecule has 0 bridgehead atoms. The van der Waals surface area contributed by atoms with Crippen molar-refractivity contribution in [2.75, 3.05) is 13.2 Å². The Bertz CT molecular complexity index is 1540. The largest absolute Gasteiger partial charge is 0.462 e. The van der Waals surface area contributed by atoms with E-state index in [1.807, 2.05) is 0 Å². The van der Waals surface area contributed by atoms with Crippen molar-refractivity contribution in [2.45, 2.75) is 335 Å². The van der Waals surface area contributed by atoms with Gasteiger partial charge in [0.15, 0.2) is 6.10 Å². The summed E-state index contributed by atoms with van der Waals surface area (Å²) in [6.45, 7) is 6.52. The smallest absolute Gasteiger partial charge is 0.306 e. The van der Waals surface area contributed by atoms with Gasteiger partial charge in [0.1, 0.15) is 13.2 Å². The van der Waals surface area contributed by atoms with E-state index in [1.54, 1.807) is 0 Å². The molecule has 1 unspecified atom stereocenters. The lowest BCUT2D eigenvalue weighted by atomic mass is 10.0. The number of unbranched alkanes of at least 4 members (excludes halogenated alkanes) is 34. The van der Waals surface area contributed by atoms with Gasteiger partial charge in [-0.2, -0.15) is 0 Å². The monoisotopic (exact) mass is 1100 g/mol. The van der Waals surface area contributed by atoms with Crippen LogP contribution in [0, 0.1) is 0 Å². The lowest BCUT2D eigenvalue weighted by molar-refractivity contribution is -0.167. The summed E-state index contributed by atoms with van der Waals surface area (Å²) in [5.41, 5.74) is 0. The second kappa shape index (κ2) is 66.8. The molecule has 0 aromatic heterocycles. The predicted octanol–water partition coefficient (Wildman–Crippen LogP) is 23.2. The minimum atomic E-state index is -0.804. The number of esters is 3. The average Bonchev–Trinajstić information content (AvgIpc) is 3.45. The van der Waals surface area contributed by atoms with E-state index in [0.717, 1.165) is 89.9 Å². The molecule has 0 amide bonds. The molecular formula is C73H126O6. The van der Waals surface area contributed by atoms with E-state index in [2.05, 4.69) is 118 Å². The molecule has 0 heterocycles. The molecule has 0 aliphatic carbocycles. The maximum atomic E-state index is 12.9. The van der Waals surface area contributed by atoms with Crippen LogP contribution in [0.2, 0.25) is 0 Å². The Hall–Kier alpha value is -3.67. The third-order valence-electron chi connectivity index (χ3n) is 14.6. The summed E-state index contributed by atoms with van der Waals surface area (Å²) in [7, 11) is 0. The second-order valence-corrected chi connectivity index (χ2v) is 22.4. The first-order valence-electron chi connectivity index (χ1n) is 33.7. The molecule has 0 saturated heterocycles. The van der Waals surface area contributed by atoms with E-state index < -0.39 is 6.10 Å². The van der Waals surface area contributed by atoms with Crippen molar-refractivity contribution >= 4 is 17.9 Å². The van der Waals surface area contributed by atoms with Crippen molar-refractivity contribution in [2.24, 2.45) is 0 Å². The minimum absolute atomic E-state index is 0.0953. The molecule has 79 heavy (non-hydrogen) atoms. The first-order chi connectivity index (χ1) is 39.0. The SMILES string of the molecule is CC/C=C\C/C=C\C/C=C\C/C=C\C/C=C\C/C=C\C/C=C\CCCC(=O)OCC(COC(=O)CCCCCCCCC/C=C\CCCCCCCCC)OC(=O)CCCCCCCCCCCCCCCCCCCCCC. The number of rotatable bonds is 61. The van der Waals surface area contributed by atoms with Crippen LogP contribution in [0.3, 0.4) is 0 Å². The van der Waals surface area contributed by atoms with Gasteiger partial charge in [-0.05, 0) is 96.3 Å². The lowest BCUT2D eigenvalue weighted by Crippen LogP contribution is -2.30. The van der Waals surface area contributed by atoms with Gasteiger partial charge in [0.2, 0.25) is 0 Å². The third kappa shape index (κ3) is 65.0. The third-order valence-corrected chi connectivity index (χ3v) is 14.6. The van der Waals surface area contributed by atoms with Crippen LogP contribution < -0.4 is 0 Å². The van der Waals surface area contributed by atoms with Crippen molar-refractivity contribution in [3.05, 3.63) is 97.2 Å². The summed E-state index contributed by atoms with van der Waals surface area (Å²) in [5, 5.41) is 0. The summed E-state index contributed by atoms with van der Waals surface area (Å²) in [5.74, 6) is -0.946. The van der Waals surface area contributed by atoms with Crippen LogP contribution in [0.5, 0.6) is 0 Å². The van der Waals surface area contributed by atoms with E-state index in [1.165, 1.54) is 193 Å². The predicted molar refractivity (Wildman–Crippen MR) is 344 cm³/mol. The molecule has 0 fully saturated rings. The Labute approximate surface area is 489 Å². The summed E-state index contributed by atoms with van der Waals surface area (Å²) >= 11 is 0. The van der Waals surface area contributed by atoms with Crippen molar-refractivity contribution in [1.82, 2.24) is 0 Å². The van der Waals surface area contributed by atoms with E-state index in [4.69, 9.17) is 14.2 Å². The first-order valence-corrected chi connectivity index (χ1v) is 33.7. The Kier molecular flexibility index (Phi) is 63.7. The first kappa shape index (κ1) is 75.3. The maximum absolute atomic E-state index is 12.9. The fourth-order valence-corrected chi connectivity index (χ4v) is 9.55. The van der Waals surface area contributed by atoms with Crippen LogP contribution in [0.4, 0.5) is 0 Å². The van der Waals surface area contributed by atoms with Crippen LogP contribution in [0.1, 0.15) is 329 Å². The molecule has 1 atom stereocenters. The number of hydrogen-bond donors (Lipinski definition) is 0. The molecule has 0 aromatic rings. The van der Waals surface area contributed by atoms with E-state index >= 15 is 0 Å². The van der Waals surface area contributed by atoms with Crippen molar-refractivity contribution in [3.8, 4) is 0 Å². The molecular weight excluding hydrogens is 973 g/mol. The van der Waals surface area contributed by atoms with Gasteiger partial charge in [-0.25, -0.2) is 0 Å². The van der Waals surface area contributed by atoms with Gasteiger partial charge in [-0.15, -0.1) is 0 Å². The molecule has 0 aromatic carbocycles. The Morgan fingerprint density at radius 1 is 0.266 bits per heavy atom. The van der Waals surface area contributed by atoms with Gasteiger partial charge in [-0.3, -0.25) is 14.4 Å². The fraction of sp³-hybridized carbons (Fsp3) is 0.740. The quantitative estimate of drug-likeness (QED) is 0.0261. The normalized spacial score (nSPS) is 12.7. The van der Waals surface area contributed by atoms with E-state index in [0.29, 0.717) is 19.3 Å². The molecule has 0 radical (unpaired) electrons. The molecule has 0 spiro atoms. The molecule has 0 N–H and O–H groups in total. The summed E-state index contributed by atoms with van der Waals surface area (Å²) in [4.78, 5) is 38.4. The van der Waals surface area contributed by atoms with Gasteiger partial charge >= 0.3 is 17.9 Å². The Balaban J connectivity index is 4.46. The maximum Gasteiger partial charge on any atom is 0.306 e. The highest BCUT2D eigenvalue weighted by Gasteiger charge is 2.19. The highest BCUT2D eigenvalue weighted by Crippen LogP contribution is 2.17. The number of hydrogen-bond acceptors (Lipinski definition) is 6. The molecule has 0 aliphatic heterocycles. The van der Waals surface area contributed by atoms with Crippen LogP contribution >= 0.6 is 0 Å². The molecule has 6 heteroatoms. The average molecular weight is 1100 g/mol. The summed E-state index contributed by atoms with van der Waals surface area (Å²) in [6, 6.07) is 0. The molecule has 0 rings (SSSR count). The lowest BCUT2D eigenvalue weighted by Gasteiger charge is -2.18. The van der Waals surface area contributed by atoms with Gasteiger partial charge in [0, 0.05) is 19.3 Å². The van der Waals surface area contributed by atoms with Gasteiger partial charge in [0.25, 0.3) is 0 Å². The topological polar surface area (TPSA) is 78.9 Å². The highest BCUT2D eigenvalue weighted by molar-refractivity contribution is 5.71. The Morgan fingerprint density at radius 3 is 0.835 bits per heavy atom. The van der Waals surface area contributed by atoms with E-state index in [-0.39, 0.29) is 37.5 Å². The van der Waals surface area contributed by atoms with E-state index in [9.17, 15) is 14.4 Å². The standard InChI is InChI=1S/C73H126O6/c1-4-7-10-13-16-19-22-25-28-31-34-36-37-38-40-42-45-48-51-54-57-60-63-66-72(75)78-69-70(68-77-71(74)65-62-59-56-53-50-47-44-41-33-30-27-24-21-18-15-12-9-6-3)79-73(76)67-64-61-58-55-52-49-46-43-39-35-32-29-26-23-20-17-14-11-8-5-2/h7,10,16,19,25,28,30,33-34,36,38,40,45,48,54,57,70H,4-6,8-9,11-15,17-18,20-24,26-27,29,31-32,35,37,39,41-44,46-47,49-53,55-56,58-69H2,1-3H3/b10-7-,19-16-,28-25-,33-30-,36-34-,40-38-,48-45-,57-54-. The van der Waals surface area contributed by atoms with Crippen LogP contribution in [-0.4, -0.2) is 37.2 Å². The zero-order valence-electron chi connectivity index (χ0n) is 52.1. The fourth-order valence-electron chi connectivity index (χ4n) is 9.55. The number of allylic oxidation sites excluding steroid dienone is 16. The van der Waals surface area contributed by atoms with Crippen LogP contribution in [0.25, 0.3) is 0 Å². The van der Waals surface area contributed by atoms with Crippen molar-refractivity contribution in [3.63, 3.8) is 0 Å². The molecule has 454 valence electrons. The minimum Gasteiger partial charge on any atom is -0.462 e. The Morgan fingerprint density at radius 2 is 0.506 bits per heavy atom. The van der Waals surface area contributed by atoms with Gasteiger partial charge < -0.3 is 14.2 Å². The summed E-state index contributed by atoms with van der Waals surface area (Å²) in [6.07, 6.45) is 89.9. The van der Waals surface area contributed by atoms with Crippen molar-refractivity contribution in [1.29, 1.82) is 0 Å². The highest BCUT2D eigenvalue weighted by atomic mass is 16.6. The zero-order chi connectivity index (χ0) is 57.1.